The summed E-state index contributed by atoms with van der Waals surface area (Å²) in [5.74, 6) is 0. The Labute approximate surface area is 129 Å². The molecule has 1 aromatic carbocycles. The lowest BCUT2D eigenvalue weighted by molar-refractivity contribution is 0.122. The van der Waals surface area contributed by atoms with Crippen LogP contribution in [0.4, 0.5) is 0 Å². The fourth-order valence-electron chi connectivity index (χ4n) is 3.06. The van der Waals surface area contributed by atoms with Gasteiger partial charge in [0, 0.05) is 11.1 Å². The van der Waals surface area contributed by atoms with Gasteiger partial charge in [0.2, 0.25) is 0 Å². The van der Waals surface area contributed by atoms with Crippen molar-refractivity contribution in [3.05, 3.63) is 34.9 Å². The Balaban J connectivity index is 3.02. The van der Waals surface area contributed by atoms with Gasteiger partial charge in [0.15, 0.2) is 0 Å². The number of halogens is 1. The molecule has 114 valence electrons. The molecule has 0 aliphatic carbocycles. The molecule has 20 heavy (non-hydrogen) atoms. The first-order chi connectivity index (χ1) is 9.47. The summed E-state index contributed by atoms with van der Waals surface area (Å²) in [5.41, 5.74) is 7.52. The van der Waals surface area contributed by atoms with Gasteiger partial charge in [-0.2, -0.15) is 0 Å². The molecule has 0 aliphatic heterocycles. The molecule has 3 heteroatoms. The van der Waals surface area contributed by atoms with Crippen LogP contribution in [0.1, 0.15) is 52.5 Å². The van der Waals surface area contributed by atoms with E-state index < -0.39 is 0 Å². The fraction of sp³-hybridized carbons (Fsp3) is 0.647. The van der Waals surface area contributed by atoms with Crippen LogP contribution in [0.3, 0.4) is 0 Å². The van der Waals surface area contributed by atoms with Crippen LogP contribution < -0.4 is 5.73 Å². The standard InChI is InChI=1S/C17H29ClN2/c1-5-12-20(13-6-2)16(7-3)17(4,19)14-8-10-15(18)11-9-14/h8-11,16H,5-7,12-13,19H2,1-4H3. The largest absolute Gasteiger partial charge is 0.320 e. The molecule has 2 N–H and O–H groups in total. The van der Waals surface area contributed by atoms with E-state index in [4.69, 9.17) is 17.3 Å². The minimum absolute atomic E-state index is 0.351. The van der Waals surface area contributed by atoms with Crippen molar-refractivity contribution in [2.45, 2.75) is 58.5 Å². The van der Waals surface area contributed by atoms with Gasteiger partial charge < -0.3 is 5.73 Å². The minimum atomic E-state index is -0.357. The molecule has 0 bridgehead atoms. The van der Waals surface area contributed by atoms with Gasteiger partial charge in [0.1, 0.15) is 0 Å². The van der Waals surface area contributed by atoms with Gasteiger partial charge in [-0.3, -0.25) is 4.90 Å². The first kappa shape index (κ1) is 17.5. The van der Waals surface area contributed by atoms with Gasteiger partial charge in [-0.15, -0.1) is 0 Å². The second-order valence-corrected chi connectivity index (χ2v) is 6.19. The normalized spacial score (nSPS) is 16.1. The first-order valence-corrected chi connectivity index (χ1v) is 8.14. The highest BCUT2D eigenvalue weighted by Gasteiger charge is 2.34. The lowest BCUT2D eigenvalue weighted by Gasteiger charge is -2.42. The molecule has 1 rings (SSSR count). The van der Waals surface area contributed by atoms with Gasteiger partial charge in [-0.05, 0) is 57.0 Å². The molecule has 0 aromatic heterocycles. The summed E-state index contributed by atoms with van der Waals surface area (Å²) in [6.45, 7) is 11.0. The van der Waals surface area contributed by atoms with Crippen molar-refractivity contribution in [1.29, 1.82) is 0 Å². The number of nitrogens with zero attached hydrogens (tertiary/aromatic N) is 1. The molecule has 0 amide bonds. The zero-order valence-electron chi connectivity index (χ0n) is 13.3. The molecule has 0 heterocycles. The number of rotatable bonds is 8. The average Bonchev–Trinajstić information content (AvgIpc) is 2.40. The van der Waals surface area contributed by atoms with E-state index in [1.54, 1.807) is 0 Å². The molecule has 0 radical (unpaired) electrons. The molecule has 2 unspecified atom stereocenters. The Bertz CT molecular complexity index is 380. The first-order valence-electron chi connectivity index (χ1n) is 7.76. The molecule has 2 nitrogen and oxygen atoms in total. The van der Waals surface area contributed by atoms with Crippen molar-refractivity contribution < 1.29 is 0 Å². The van der Waals surface area contributed by atoms with E-state index in [2.05, 4.69) is 44.7 Å². The van der Waals surface area contributed by atoms with Crippen molar-refractivity contribution in [1.82, 2.24) is 4.90 Å². The summed E-state index contributed by atoms with van der Waals surface area (Å²) in [4.78, 5) is 2.54. The maximum atomic E-state index is 6.72. The Hall–Kier alpha value is -0.570. The van der Waals surface area contributed by atoms with E-state index in [1.807, 2.05) is 12.1 Å². The van der Waals surface area contributed by atoms with Crippen LogP contribution in [0.25, 0.3) is 0 Å². The van der Waals surface area contributed by atoms with Crippen LogP contribution in [0.15, 0.2) is 24.3 Å². The third-order valence-corrected chi connectivity index (χ3v) is 4.26. The van der Waals surface area contributed by atoms with Crippen molar-refractivity contribution in [3.63, 3.8) is 0 Å². The topological polar surface area (TPSA) is 29.3 Å². The number of hydrogen-bond donors (Lipinski definition) is 1. The Morgan fingerprint density at radius 1 is 1.10 bits per heavy atom. The molecular formula is C17H29ClN2. The number of nitrogens with two attached hydrogens (primary N) is 1. The Kier molecular flexibility index (Phi) is 7.01. The molecule has 2 atom stereocenters. The summed E-state index contributed by atoms with van der Waals surface area (Å²) in [6.07, 6.45) is 3.37. The quantitative estimate of drug-likeness (QED) is 0.770. The van der Waals surface area contributed by atoms with Crippen molar-refractivity contribution in [2.24, 2.45) is 5.73 Å². The second-order valence-electron chi connectivity index (χ2n) is 5.75. The predicted octanol–water partition coefficient (Wildman–Crippen LogP) is 4.41. The van der Waals surface area contributed by atoms with Crippen molar-refractivity contribution in [3.8, 4) is 0 Å². The highest BCUT2D eigenvalue weighted by Crippen LogP contribution is 2.29. The zero-order chi connectivity index (χ0) is 15.2. The van der Waals surface area contributed by atoms with Gasteiger partial charge in [-0.25, -0.2) is 0 Å². The van der Waals surface area contributed by atoms with Crippen LogP contribution in [0.5, 0.6) is 0 Å². The summed E-state index contributed by atoms with van der Waals surface area (Å²) < 4.78 is 0. The maximum absolute atomic E-state index is 6.72. The second kappa shape index (κ2) is 8.02. The van der Waals surface area contributed by atoms with Crippen LogP contribution in [0, 0.1) is 0 Å². The number of benzene rings is 1. The molecular weight excluding hydrogens is 268 g/mol. The van der Waals surface area contributed by atoms with E-state index in [0.717, 1.165) is 42.9 Å². The molecule has 0 spiro atoms. The van der Waals surface area contributed by atoms with E-state index >= 15 is 0 Å². The van der Waals surface area contributed by atoms with E-state index in [-0.39, 0.29) is 5.54 Å². The minimum Gasteiger partial charge on any atom is -0.320 e. The Morgan fingerprint density at radius 3 is 2.00 bits per heavy atom. The van der Waals surface area contributed by atoms with Gasteiger partial charge in [0.25, 0.3) is 0 Å². The van der Waals surface area contributed by atoms with Crippen LogP contribution in [0.2, 0.25) is 5.02 Å². The van der Waals surface area contributed by atoms with Crippen molar-refractivity contribution in [2.75, 3.05) is 13.1 Å². The van der Waals surface area contributed by atoms with E-state index in [0.29, 0.717) is 6.04 Å². The summed E-state index contributed by atoms with van der Waals surface area (Å²) in [6, 6.07) is 8.32. The van der Waals surface area contributed by atoms with Crippen LogP contribution in [-0.2, 0) is 5.54 Å². The third-order valence-electron chi connectivity index (χ3n) is 4.01. The maximum Gasteiger partial charge on any atom is 0.0538 e. The zero-order valence-corrected chi connectivity index (χ0v) is 14.1. The molecule has 0 aliphatic rings. The predicted molar refractivity (Wildman–Crippen MR) is 89.2 cm³/mol. The van der Waals surface area contributed by atoms with Gasteiger partial charge in [-0.1, -0.05) is 44.5 Å². The summed E-state index contributed by atoms with van der Waals surface area (Å²) in [7, 11) is 0. The lowest BCUT2D eigenvalue weighted by atomic mass is 9.83. The number of hydrogen-bond acceptors (Lipinski definition) is 2. The third kappa shape index (κ3) is 4.21. The monoisotopic (exact) mass is 296 g/mol. The molecule has 0 saturated heterocycles. The average molecular weight is 297 g/mol. The molecule has 0 fully saturated rings. The molecule has 0 saturated carbocycles. The molecule has 1 aromatic rings. The summed E-state index contributed by atoms with van der Waals surface area (Å²) in [5, 5.41) is 0.761. The highest BCUT2D eigenvalue weighted by molar-refractivity contribution is 6.30. The van der Waals surface area contributed by atoms with Crippen LogP contribution >= 0.6 is 11.6 Å². The smallest absolute Gasteiger partial charge is 0.0538 e. The van der Waals surface area contributed by atoms with Gasteiger partial charge >= 0.3 is 0 Å². The SMILES string of the molecule is CCCN(CCC)C(CC)C(C)(N)c1ccc(Cl)cc1. The Morgan fingerprint density at radius 2 is 1.60 bits per heavy atom. The van der Waals surface area contributed by atoms with Crippen LogP contribution in [-0.4, -0.2) is 24.0 Å². The highest BCUT2D eigenvalue weighted by atomic mass is 35.5. The van der Waals surface area contributed by atoms with E-state index in [1.165, 1.54) is 0 Å². The van der Waals surface area contributed by atoms with Gasteiger partial charge in [0.05, 0.1) is 5.54 Å². The van der Waals surface area contributed by atoms with E-state index in [9.17, 15) is 0 Å². The van der Waals surface area contributed by atoms with Crippen molar-refractivity contribution >= 4 is 11.6 Å². The lowest BCUT2D eigenvalue weighted by Crippen LogP contribution is -2.54. The fourth-order valence-corrected chi connectivity index (χ4v) is 3.19. The summed E-state index contributed by atoms with van der Waals surface area (Å²) >= 11 is 5.99.